The number of phenols is 2. The first-order valence-corrected chi connectivity index (χ1v) is 19.0. The lowest BCUT2D eigenvalue weighted by atomic mass is 9.63. The first kappa shape index (κ1) is 42.2. The Labute approximate surface area is 344 Å². The number of carboxylic acid groups (broad SMARTS) is 1. The Morgan fingerprint density at radius 1 is 0.557 bits per heavy atom. The van der Waals surface area contributed by atoms with E-state index in [0.717, 1.165) is 18.2 Å². The molecule has 12 N–H and O–H groups in total. The van der Waals surface area contributed by atoms with Gasteiger partial charge in [-0.25, -0.2) is 4.79 Å². The van der Waals surface area contributed by atoms with E-state index in [-0.39, 0.29) is 56.0 Å². The third kappa shape index (κ3) is 6.80. The van der Waals surface area contributed by atoms with Gasteiger partial charge in [0.15, 0.2) is 0 Å². The van der Waals surface area contributed by atoms with Crippen molar-refractivity contribution in [3.63, 3.8) is 0 Å². The van der Waals surface area contributed by atoms with Crippen LogP contribution in [0.15, 0.2) is 60.7 Å². The number of benzene rings is 4. The van der Waals surface area contributed by atoms with E-state index < -0.39 is 133 Å². The molecule has 0 saturated carbocycles. The molecule has 8 rings (SSSR count). The Kier molecular flexibility index (Phi) is 11.1. The first-order valence-electron chi connectivity index (χ1n) is 19.0. The van der Waals surface area contributed by atoms with Crippen LogP contribution in [0.4, 0.5) is 0 Å². The van der Waals surface area contributed by atoms with Crippen molar-refractivity contribution in [1.82, 2.24) is 0 Å². The van der Waals surface area contributed by atoms with Crippen LogP contribution in [-0.4, -0.2) is 153 Å². The number of hydrogen-bond acceptors (Lipinski definition) is 18. The first-order chi connectivity index (χ1) is 29.1. The highest BCUT2D eigenvalue weighted by molar-refractivity contribution is 6.18. The van der Waals surface area contributed by atoms with Crippen LogP contribution in [-0.2, 0) is 16.1 Å². The largest absolute Gasteiger partial charge is 0.507 e. The van der Waals surface area contributed by atoms with Gasteiger partial charge in [-0.05, 0) is 58.1 Å². The van der Waals surface area contributed by atoms with Crippen LogP contribution in [0, 0.1) is 0 Å². The molecule has 0 aromatic heterocycles. The SMILES string of the molecule is O=C(O)c1cc(O)c2c(c1)[C@H]([C@@H]1c3cc(CO)cc(O)c3C(=O)c3c(O[C@@H]4O[C@H](CO)[C@H](O)[C@H](O)[C@@H]4O)cccc31)c1cccc(O[C@@H]3O[C@H](CO)[C@H](O)[C@H](O)[C@H]3O)c1C2=O. The lowest BCUT2D eigenvalue weighted by molar-refractivity contribution is -0.277. The topological polar surface area (TPSA) is 331 Å². The predicted molar refractivity (Wildman–Crippen MR) is 201 cm³/mol. The molecule has 2 aliphatic carbocycles. The van der Waals surface area contributed by atoms with Gasteiger partial charge in [0, 0.05) is 11.8 Å². The van der Waals surface area contributed by atoms with Crippen LogP contribution in [0.1, 0.15) is 81.9 Å². The summed E-state index contributed by atoms with van der Waals surface area (Å²) in [5, 5.41) is 126. The number of phenolic OH excluding ortho intramolecular Hbond substituents is 2. The third-order valence-electron chi connectivity index (χ3n) is 11.7. The Hall–Kier alpha value is -5.55. The highest BCUT2D eigenvalue weighted by atomic mass is 16.7. The number of fused-ring (bicyclic) bond motifs is 4. The van der Waals surface area contributed by atoms with Crippen molar-refractivity contribution in [2.24, 2.45) is 0 Å². The van der Waals surface area contributed by atoms with Gasteiger partial charge in [-0.1, -0.05) is 30.3 Å². The molecule has 0 radical (unpaired) electrons. The number of carboxylic acids is 1. The van der Waals surface area contributed by atoms with E-state index in [1.807, 2.05) is 0 Å². The summed E-state index contributed by atoms with van der Waals surface area (Å²) in [6.07, 6.45) is -17.4. The van der Waals surface area contributed by atoms with E-state index in [2.05, 4.69) is 0 Å². The summed E-state index contributed by atoms with van der Waals surface area (Å²) in [6.45, 7) is -2.21. The minimum atomic E-state index is -1.91. The summed E-state index contributed by atoms with van der Waals surface area (Å²) in [4.78, 5) is 41.8. The van der Waals surface area contributed by atoms with E-state index in [4.69, 9.17) is 18.9 Å². The number of carbonyl (C=O) groups excluding carboxylic acids is 2. The summed E-state index contributed by atoms with van der Waals surface area (Å²) in [5.41, 5.74) is -1.30. The van der Waals surface area contributed by atoms with Crippen molar-refractivity contribution in [2.75, 3.05) is 13.2 Å². The number of aliphatic hydroxyl groups is 9. The molecule has 322 valence electrons. The molecule has 4 aromatic rings. The number of aromatic carboxylic acids is 1. The van der Waals surface area contributed by atoms with Crippen molar-refractivity contribution >= 4 is 17.5 Å². The van der Waals surface area contributed by atoms with E-state index >= 15 is 0 Å². The van der Waals surface area contributed by atoms with E-state index in [9.17, 15) is 75.7 Å². The predicted octanol–water partition coefficient (Wildman–Crippen LogP) is -1.30. The number of hydrogen-bond donors (Lipinski definition) is 12. The summed E-state index contributed by atoms with van der Waals surface area (Å²) >= 11 is 0. The zero-order chi connectivity index (χ0) is 43.8. The number of aliphatic hydroxyl groups excluding tert-OH is 9. The number of ketones is 2. The number of rotatable bonds is 9. The van der Waals surface area contributed by atoms with Crippen molar-refractivity contribution < 1.29 is 94.6 Å². The standard InChI is InChI=1S/C42H40O19/c43-11-14-7-18-26(16-3-1-5-22(30(16)34(50)28(18)20(46)8-14)58-41-38(54)36(52)32(48)24(12-44)60-41)27-17-4-2-6-23(59-42-39(55)37(53)33(49)25(13-45)61-42)31(17)35(51)29-19(27)9-15(40(56)57)10-21(29)47/h1-10,24-27,32-33,36-39,41-49,52-55H,11-13H2,(H,56,57)/t24-,25-,26+,27-,32+,33+,36+,37+,38+,39-,41-,42-/m1/s1. The van der Waals surface area contributed by atoms with Gasteiger partial charge < -0.3 is 80.2 Å². The number of ether oxygens (including phenoxy) is 4. The average molecular weight is 849 g/mol. The van der Waals surface area contributed by atoms with Gasteiger partial charge in [0.05, 0.1) is 47.6 Å². The molecular formula is C42H40O19. The fourth-order valence-corrected chi connectivity index (χ4v) is 8.74. The molecule has 61 heavy (non-hydrogen) atoms. The Bertz CT molecular complexity index is 2410. The van der Waals surface area contributed by atoms with Crippen LogP contribution in [0.3, 0.4) is 0 Å². The molecule has 0 spiro atoms. The van der Waals surface area contributed by atoms with Crippen molar-refractivity contribution in [1.29, 1.82) is 0 Å². The van der Waals surface area contributed by atoms with Crippen molar-refractivity contribution in [3.05, 3.63) is 116 Å². The van der Waals surface area contributed by atoms with Crippen LogP contribution >= 0.6 is 0 Å². The van der Waals surface area contributed by atoms with Gasteiger partial charge in [0.1, 0.15) is 71.8 Å². The number of aromatic hydroxyl groups is 2. The lowest BCUT2D eigenvalue weighted by Crippen LogP contribution is -2.60. The van der Waals surface area contributed by atoms with Crippen molar-refractivity contribution in [3.8, 4) is 23.0 Å². The Morgan fingerprint density at radius 3 is 1.43 bits per heavy atom. The maximum absolute atomic E-state index is 14.7. The van der Waals surface area contributed by atoms with Gasteiger partial charge in [0.2, 0.25) is 24.1 Å². The molecule has 4 aliphatic rings. The molecule has 0 unspecified atom stereocenters. The van der Waals surface area contributed by atoms with E-state index in [0.29, 0.717) is 0 Å². The summed E-state index contributed by atoms with van der Waals surface area (Å²) < 4.78 is 23.1. The molecule has 19 nitrogen and oxygen atoms in total. The van der Waals surface area contributed by atoms with E-state index in [1.54, 1.807) is 0 Å². The zero-order valence-electron chi connectivity index (χ0n) is 31.5. The fourth-order valence-electron chi connectivity index (χ4n) is 8.74. The van der Waals surface area contributed by atoms with Gasteiger partial charge in [-0.3, -0.25) is 9.59 Å². The normalized spacial score (nSPS) is 30.4. The molecular weight excluding hydrogens is 808 g/mol. The van der Waals surface area contributed by atoms with Gasteiger partial charge >= 0.3 is 5.97 Å². The maximum atomic E-state index is 14.7. The Balaban J connectivity index is 1.37. The molecule has 12 atom stereocenters. The van der Waals surface area contributed by atoms with Crippen LogP contribution in [0.5, 0.6) is 23.0 Å². The average Bonchev–Trinajstić information content (AvgIpc) is 3.24. The second-order valence-electron chi connectivity index (χ2n) is 15.2. The van der Waals surface area contributed by atoms with Gasteiger partial charge in [-0.15, -0.1) is 0 Å². The number of carbonyl (C=O) groups is 3. The third-order valence-corrected chi connectivity index (χ3v) is 11.7. The fraction of sp³-hybridized carbons (Fsp3) is 0.357. The minimum Gasteiger partial charge on any atom is -0.507 e. The molecule has 0 amide bonds. The summed E-state index contributed by atoms with van der Waals surface area (Å²) in [7, 11) is 0. The highest BCUT2D eigenvalue weighted by Gasteiger charge is 2.50. The molecule has 4 aromatic carbocycles. The maximum Gasteiger partial charge on any atom is 0.335 e. The van der Waals surface area contributed by atoms with Gasteiger partial charge in [-0.2, -0.15) is 0 Å². The zero-order valence-corrected chi connectivity index (χ0v) is 31.5. The highest BCUT2D eigenvalue weighted by Crippen LogP contribution is 2.56. The summed E-state index contributed by atoms with van der Waals surface area (Å²) in [6, 6.07) is 13.1. The smallest absolute Gasteiger partial charge is 0.335 e. The van der Waals surface area contributed by atoms with E-state index in [1.165, 1.54) is 42.5 Å². The summed E-state index contributed by atoms with van der Waals surface area (Å²) in [5.74, 6) is -7.67. The quantitative estimate of drug-likeness (QED) is 0.0931. The molecule has 2 saturated heterocycles. The van der Waals surface area contributed by atoms with Crippen molar-refractivity contribution in [2.45, 2.75) is 79.9 Å². The molecule has 2 fully saturated rings. The van der Waals surface area contributed by atoms with Crippen LogP contribution < -0.4 is 9.47 Å². The molecule has 2 aliphatic heterocycles. The Morgan fingerprint density at radius 2 is 1.00 bits per heavy atom. The monoisotopic (exact) mass is 848 g/mol. The van der Waals surface area contributed by atoms with Crippen LogP contribution in [0.25, 0.3) is 0 Å². The molecule has 19 heteroatoms. The second kappa shape index (κ2) is 16.0. The molecule has 0 bridgehead atoms. The van der Waals surface area contributed by atoms with Crippen LogP contribution in [0.2, 0.25) is 0 Å². The molecule has 2 heterocycles. The van der Waals surface area contributed by atoms with Gasteiger partial charge in [0.25, 0.3) is 0 Å². The second-order valence-corrected chi connectivity index (χ2v) is 15.2. The minimum absolute atomic E-state index is 0.0646. The lowest BCUT2D eigenvalue weighted by Gasteiger charge is -2.41.